The Labute approximate surface area is 124 Å². The van der Waals surface area contributed by atoms with Crippen molar-refractivity contribution >= 4 is 46.6 Å². The molecule has 0 atom stereocenters. The first-order chi connectivity index (χ1) is 9.52. The third kappa shape index (κ3) is 3.02. The van der Waals surface area contributed by atoms with E-state index < -0.39 is 17.1 Å². The van der Waals surface area contributed by atoms with Crippen LogP contribution in [0.2, 0.25) is 5.02 Å². The summed E-state index contributed by atoms with van der Waals surface area (Å²) in [6.07, 6.45) is 1.53. The maximum absolute atomic E-state index is 12.0. The van der Waals surface area contributed by atoms with E-state index in [1.165, 1.54) is 13.2 Å². The molecular formula is C13H10ClNO4S. The van der Waals surface area contributed by atoms with Crippen LogP contribution >= 0.6 is 23.4 Å². The Morgan fingerprint density at radius 2 is 2.10 bits per heavy atom. The molecule has 104 valence electrons. The Balaban J connectivity index is 2.24. The molecular weight excluding hydrogens is 302 g/mol. The van der Waals surface area contributed by atoms with E-state index in [0.717, 1.165) is 16.7 Å². The Morgan fingerprint density at radius 3 is 2.75 bits per heavy atom. The number of ether oxygens (including phenoxy) is 1. The lowest BCUT2D eigenvalue weighted by molar-refractivity contribution is -0.143. The Hall–Kier alpha value is -1.79. The van der Waals surface area contributed by atoms with Crippen LogP contribution in [0, 0.1) is 0 Å². The van der Waals surface area contributed by atoms with Gasteiger partial charge in [-0.3, -0.25) is 19.3 Å². The molecule has 1 aliphatic rings. The Kier molecular flexibility index (Phi) is 4.46. The van der Waals surface area contributed by atoms with Crippen molar-refractivity contribution in [3.05, 3.63) is 39.8 Å². The molecule has 0 saturated carbocycles. The number of carbonyl (C=O) groups is 3. The van der Waals surface area contributed by atoms with Crippen molar-refractivity contribution in [2.75, 3.05) is 13.7 Å². The van der Waals surface area contributed by atoms with Gasteiger partial charge in [-0.05, 0) is 29.5 Å². The quantitative estimate of drug-likeness (QED) is 0.634. The molecule has 2 amide bonds. The number of esters is 1. The zero-order valence-electron chi connectivity index (χ0n) is 10.5. The number of rotatable bonds is 3. The molecule has 7 heteroatoms. The van der Waals surface area contributed by atoms with Crippen molar-refractivity contribution in [2.24, 2.45) is 0 Å². The predicted octanol–water partition coefficient (Wildman–Crippen LogP) is 2.55. The molecule has 1 aliphatic heterocycles. The highest BCUT2D eigenvalue weighted by Crippen LogP contribution is 2.33. The molecule has 0 aromatic heterocycles. The van der Waals surface area contributed by atoms with Crippen molar-refractivity contribution < 1.29 is 19.1 Å². The van der Waals surface area contributed by atoms with Crippen LogP contribution in [-0.2, 0) is 14.3 Å². The Bertz CT molecular complexity index is 614. The number of thioether (sulfide) groups is 1. The first-order valence-corrected chi connectivity index (χ1v) is 6.79. The molecule has 0 bridgehead atoms. The van der Waals surface area contributed by atoms with E-state index in [2.05, 4.69) is 4.74 Å². The van der Waals surface area contributed by atoms with Crippen LogP contribution in [0.3, 0.4) is 0 Å². The number of halogens is 1. The number of amides is 2. The summed E-state index contributed by atoms with van der Waals surface area (Å²) >= 11 is 6.76. The zero-order chi connectivity index (χ0) is 14.7. The number of nitrogens with zero attached hydrogens (tertiary/aromatic N) is 1. The van der Waals surface area contributed by atoms with Crippen molar-refractivity contribution in [3.63, 3.8) is 0 Å². The average Bonchev–Trinajstić information content (AvgIpc) is 2.69. The monoisotopic (exact) mass is 311 g/mol. The van der Waals surface area contributed by atoms with Gasteiger partial charge in [0.25, 0.3) is 11.1 Å². The molecule has 0 spiro atoms. The van der Waals surface area contributed by atoms with E-state index in [9.17, 15) is 14.4 Å². The fourth-order valence-corrected chi connectivity index (χ4v) is 2.58. The third-order valence-electron chi connectivity index (χ3n) is 2.58. The summed E-state index contributed by atoms with van der Waals surface area (Å²) in [6.45, 7) is -0.388. The SMILES string of the molecule is COC(=O)CN1C(=O)S/C(=C/c2ccccc2Cl)C1=O. The third-order valence-corrected chi connectivity index (χ3v) is 3.83. The van der Waals surface area contributed by atoms with E-state index >= 15 is 0 Å². The highest BCUT2D eigenvalue weighted by Gasteiger charge is 2.36. The number of imide groups is 1. The standard InChI is InChI=1S/C13H10ClNO4S/c1-19-11(16)7-15-12(17)10(20-13(15)18)6-8-4-2-3-5-9(8)14/h2-6H,7H2,1H3/b10-6+. The first-order valence-electron chi connectivity index (χ1n) is 5.59. The van der Waals surface area contributed by atoms with Gasteiger partial charge in [0.2, 0.25) is 0 Å². The van der Waals surface area contributed by atoms with Crippen molar-refractivity contribution in [1.29, 1.82) is 0 Å². The molecule has 0 radical (unpaired) electrons. The largest absolute Gasteiger partial charge is 0.468 e. The van der Waals surface area contributed by atoms with Crippen molar-refractivity contribution in [3.8, 4) is 0 Å². The second-order valence-corrected chi connectivity index (χ2v) is 5.27. The topological polar surface area (TPSA) is 63.7 Å². The predicted molar refractivity (Wildman–Crippen MR) is 76.1 cm³/mol. The average molecular weight is 312 g/mol. The molecule has 1 fully saturated rings. The molecule has 1 aromatic carbocycles. The maximum atomic E-state index is 12.0. The number of benzene rings is 1. The van der Waals surface area contributed by atoms with Crippen LogP contribution in [0.15, 0.2) is 29.2 Å². The summed E-state index contributed by atoms with van der Waals surface area (Å²) in [6, 6.07) is 6.96. The second kappa shape index (κ2) is 6.11. The van der Waals surface area contributed by atoms with Crippen LogP contribution in [0.5, 0.6) is 0 Å². The molecule has 1 saturated heterocycles. The minimum Gasteiger partial charge on any atom is -0.468 e. The van der Waals surface area contributed by atoms with Crippen molar-refractivity contribution in [1.82, 2.24) is 4.90 Å². The summed E-state index contributed by atoms with van der Waals surface area (Å²) in [4.78, 5) is 36.0. The van der Waals surface area contributed by atoms with E-state index in [1.54, 1.807) is 24.3 Å². The van der Waals surface area contributed by atoms with Crippen LogP contribution in [-0.4, -0.2) is 35.7 Å². The smallest absolute Gasteiger partial charge is 0.325 e. The maximum Gasteiger partial charge on any atom is 0.325 e. The van der Waals surface area contributed by atoms with Gasteiger partial charge < -0.3 is 4.74 Å². The minimum absolute atomic E-state index is 0.229. The molecule has 1 aromatic rings. The molecule has 5 nitrogen and oxygen atoms in total. The Morgan fingerprint density at radius 1 is 1.40 bits per heavy atom. The number of hydrogen-bond acceptors (Lipinski definition) is 5. The van der Waals surface area contributed by atoms with E-state index in [-0.39, 0.29) is 11.4 Å². The number of carbonyl (C=O) groups excluding carboxylic acids is 3. The van der Waals surface area contributed by atoms with Crippen molar-refractivity contribution in [2.45, 2.75) is 0 Å². The number of methoxy groups -OCH3 is 1. The molecule has 0 aliphatic carbocycles. The van der Waals surface area contributed by atoms with Gasteiger partial charge in [-0.2, -0.15) is 0 Å². The van der Waals surface area contributed by atoms with Crippen LogP contribution < -0.4 is 0 Å². The molecule has 2 rings (SSSR count). The van der Waals surface area contributed by atoms with Crippen LogP contribution in [0.1, 0.15) is 5.56 Å². The fraction of sp³-hybridized carbons (Fsp3) is 0.154. The zero-order valence-corrected chi connectivity index (χ0v) is 12.0. The minimum atomic E-state index is -0.647. The van der Waals surface area contributed by atoms with Gasteiger partial charge in [0.05, 0.1) is 12.0 Å². The van der Waals surface area contributed by atoms with Gasteiger partial charge in [0.1, 0.15) is 6.54 Å². The van der Waals surface area contributed by atoms with Gasteiger partial charge in [0.15, 0.2) is 0 Å². The highest BCUT2D eigenvalue weighted by molar-refractivity contribution is 8.18. The van der Waals surface area contributed by atoms with E-state index in [1.807, 2.05) is 0 Å². The van der Waals surface area contributed by atoms with Gasteiger partial charge in [0, 0.05) is 5.02 Å². The van der Waals surface area contributed by atoms with Crippen LogP contribution in [0.25, 0.3) is 6.08 Å². The lowest BCUT2D eigenvalue weighted by atomic mass is 10.2. The molecule has 0 unspecified atom stereocenters. The van der Waals surface area contributed by atoms with E-state index in [4.69, 9.17) is 11.6 Å². The highest BCUT2D eigenvalue weighted by atomic mass is 35.5. The fourth-order valence-electron chi connectivity index (χ4n) is 1.56. The van der Waals surface area contributed by atoms with Gasteiger partial charge in [-0.1, -0.05) is 29.8 Å². The molecule has 1 heterocycles. The lowest BCUT2D eigenvalue weighted by Crippen LogP contribution is -2.34. The van der Waals surface area contributed by atoms with E-state index in [0.29, 0.717) is 10.6 Å². The summed E-state index contributed by atoms with van der Waals surface area (Å²) in [7, 11) is 1.20. The summed E-state index contributed by atoms with van der Waals surface area (Å²) in [5.74, 6) is -1.17. The van der Waals surface area contributed by atoms with Crippen LogP contribution in [0.4, 0.5) is 4.79 Å². The molecule has 20 heavy (non-hydrogen) atoms. The van der Waals surface area contributed by atoms with Gasteiger partial charge in [-0.25, -0.2) is 0 Å². The lowest BCUT2D eigenvalue weighted by Gasteiger charge is -2.09. The summed E-state index contributed by atoms with van der Waals surface area (Å²) in [5.41, 5.74) is 0.637. The normalized spacial score (nSPS) is 16.9. The number of hydrogen-bond donors (Lipinski definition) is 0. The second-order valence-electron chi connectivity index (χ2n) is 3.87. The van der Waals surface area contributed by atoms with Gasteiger partial charge in [-0.15, -0.1) is 0 Å². The summed E-state index contributed by atoms with van der Waals surface area (Å²) in [5, 5.41) is -0.0222. The summed E-state index contributed by atoms with van der Waals surface area (Å²) < 4.78 is 4.45. The van der Waals surface area contributed by atoms with Gasteiger partial charge >= 0.3 is 5.97 Å². The molecule has 0 N–H and O–H groups in total. The first kappa shape index (κ1) is 14.6.